The van der Waals surface area contributed by atoms with E-state index in [1.807, 2.05) is 0 Å². The zero-order valence-corrected chi connectivity index (χ0v) is 7.79. The van der Waals surface area contributed by atoms with Gasteiger partial charge >= 0.3 is 5.97 Å². The van der Waals surface area contributed by atoms with Gasteiger partial charge in [0.15, 0.2) is 11.5 Å². The van der Waals surface area contributed by atoms with Gasteiger partial charge in [0, 0.05) is 12.1 Å². The van der Waals surface area contributed by atoms with E-state index in [0.29, 0.717) is 17.5 Å². The highest BCUT2D eigenvalue weighted by atomic mass is 16.4. The van der Waals surface area contributed by atoms with Gasteiger partial charge < -0.3 is 5.11 Å². The van der Waals surface area contributed by atoms with Crippen molar-refractivity contribution in [3.05, 3.63) is 23.8 Å². The summed E-state index contributed by atoms with van der Waals surface area (Å²) in [5.41, 5.74) is 0.0967. The molecule has 1 fully saturated rings. The maximum atomic E-state index is 10.9. The first-order valence-corrected chi connectivity index (χ1v) is 4.70. The van der Waals surface area contributed by atoms with Crippen molar-refractivity contribution in [3.63, 3.8) is 0 Å². The van der Waals surface area contributed by atoms with E-state index < -0.39 is 5.97 Å². The SMILES string of the molecule is O=C(O)c1ccnc2nc(C3CC3)nn12. The number of carboxylic acid groups (broad SMARTS) is 1. The number of fused-ring (bicyclic) bond motifs is 1. The van der Waals surface area contributed by atoms with Crippen molar-refractivity contribution in [2.75, 3.05) is 0 Å². The van der Waals surface area contributed by atoms with Crippen LogP contribution in [0.3, 0.4) is 0 Å². The minimum absolute atomic E-state index is 0.0967. The second-order valence-electron chi connectivity index (χ2n) is 3.59. The summed E-state index contributed by atoms with van der Waals surface area (Å²) in [5.74, 6) is 0.441. The van der Waals surface area contributed by atoms with Crippen LogP contribution in [-0.2, 0) is 0 Å². The summed E-state index contributed by atoms with van der Waals surface area (Å²) in [4.78, 5) is 19.1. The van der Waals surface area contributed by atoms with Crippen molar-refractivity contribution >= 4 is 11.7 Å². The summed E-state index contributed by atoms with van der Waals surface area (Å²) < 4.78 is 1.29. The van der Waals surface area contributed by atoms with Crippen LogP contribution in [0.1, 0.15) is 35.1 Å². The summed E-state index contributed by atoms with van der Waals surface area (Å²) in [6, 6.07) is 1.42. The summed E-state index contributed by atoms with van der Waals surface area (Å²) in [7, 11) is 0. The average Bonchev–Trinajstić information content (AvgIpc) is 2.96. The van der Waals surface area contributed by atoms with Crippen molar-refractivity contribution < 1.29 is 9.90 Å². The number of aromatic carboxylic acids is 1. The molecule has 0 unspecified atom stereocenters. The molecule has 6 nitrogen and oxygen atoms in total. The lowest BCUT2D eigenvalue weighted by molar-refractivity contribution is 0.0687. The van der Waals surface area contributed by atoms with Gasteiger partial charge in [0.1, 0.15) is 0 Å². The summed E-state index contributed by atoms with van der Waals surface area (Å²) >= 11 is 0. The molecule has 76 valence electrons. The van der Waals surface area contributed by atoms with Crippen molar-refractivity contribution in [3.8, 4) is 0 Å². The Hall–Kier alpha value is -1.98. The van der Waals surface area contributed by atoms with Gasteiger partial charge in [0.2, 0.25) is 0 Å². The molecule has 0 radical (unpaired) electrons. The molecular formula is C9H8N4O2. The first kappa shape index (κ1) is 8.34. The van der Waals surface area contributed by atoms with Gasteiger partial charge in [0.05, 0.1) is 0 Å². The minimum Gasteiger partial charge on any atom is -0.477 e. The van der Waals surface area contributed by atoms with Gasteiger partial charge in [-0.2, -0.15) is 9.50 Å². The molecule has 1 aliphatic carbocycles. The van der Waals surface area contributed by atoms with Gasteiger partial charge in [0.25, 0.3) is 5.78 Å². The molecule has 6 heteroatoms. The smallest absolute Gasteiger partial charge is 0.354 e. The third-order valence-electron chi connectivity index (χ3n) is 2.42. The predicted molar refractivity (Wildman–Crippen MR) is 49.7 cm³/mol. The first-order valence-electron chi connectivity index (χ1n) is 4.70. The Morgan fingerprint density at radius 3 is 3.00 bits per heavy atom. The van der Waals surface area contributed by atoms with E-state index in [9.17, 15) is 4.79 Å². The number of rotatable bonds is 2. The van der Waals surface area contributed by atoms with Gasteiger partial charge in [-0.25, -0.2) is 9.78 Å². The number of hydrogen-bond acceptors (Lipinski definition) is 4. The van der Waals surface area contributed by atoms with Crippen LogP contribution in [0.4, 0.5) is 0 Å². The van der Waals surface area contributed by atoms with Gasteiger partial charge in [-0.1, -0.05) is 0 Å². The molecule has 2 aromatic heterocycles. The zero-order valence-electron chi connectivity index (χ0n) is 7.79. The monoisotopic (exact) mass is 204 g/mol. The Balaban J connectivity index is 2.23. The molecule has 2 heterocycles. The van der Waals surface area contributed by atoms with Gasteiger partial charge in [-0.05, 0) is 18.9 Å². The van der Waals surface area contributed by atoms with Crippen LogP contribution in [0.25, 0.3) is 5.78 Å². The van der Waals surface area contributed by atoms with Crippen LogP contribution in [0.2, 0.25) is 0 Å². The van der Waals surface area contributed by atoms with Crippen molar-refractivity contribution in [1.29, 1.82) is 0 Å². The highest BCUT2D eigenvalue weighted by Crippen LogP contribution is 2.38. The third-order valence-corrected chi connectivity index (χ3v) is 2.42. The fraction of sp³-hybridized carbons (Fsp3) is 0.333. The van der Waals surface area contributed by atoms with E-state index in [1.54, 1.807) is 0 Å². The zero-order chi connectivity index (χ0) is 10.4. The van der Waals surface area contributed by atoms with Crippen molar-refractivity contribution in [2.45, 2.75) is 18.8 Å². The molecule has 15 heavy (non-hydrogen) atoms. The fourth-order valence-corrected chi connectivity index (χ4v) is 1.49. The van der Waals surface area contributed by atoms with Crippen LogP contribution in [0.5, 0.6) is 0 Å². The van der Waals surface area contributed by atoms with E-state index in [0.717, 1.165) is 12.8 Å². The molecular weight excluding hydrogens is 196 g/mol. The summed E-state index contributed by atoms with van der Waals surface area (Å²) in [5, 5.41) is 13.1. The van der Waals surface area contributed by atoms with Crippen LogP contribution in [0, 0.1) is 0 Å². The van der Waals surface area contributed by atoms with E-state index in [1.165, 1.54) is 16.8 Å². The highest BCUT2D eigenvalue weighted by Gasteiger charge is 2.28. The highest BCUT2D eigenvalue weighted by molar-refractivity contribution is 5.85. The first-order chi connectivity index (χ1) is 7.25. The van der Waals surface area contributed by atoms with Gasteiger partial charge in [-0.15, -0.1) is 5.10 Å². The molecule has 3 rings (SSSR count). The maximum absolute atomic E-state index is 10.9. The maximum Gasteiger partial charge on any atom is 0.354 e. The lowest BCUT2D eigenvalue weighted by atomic mass is 10.4. The summed E-state index contributed by atoms with van der Waals surface area (Å²) in [6.45, 7) is 0. The minimum atomic E-state index is -1.02. The van der Waals surface area contributed by atoms with Crippen molar-refractivity contribution in [1.82, 2.24) is 19.6 Å². The van der Waals surface area contributed by atoms with Crippen LogP contribution >= 0.6 is 0 Å². The number of hydrogen-bond donors (Lipinski definition) is 1. The van der Waals surface area contributed by atoms with E-state index in [4.69, 9.17) is 5.11 Å². The topological polar surface area (TPSA) is 80.4 Å². The van der Waals surface area contributed by atoms with E-state index in [-0.39, 0.29) is 5.69 Å². The van der Waals surface area contributed by atoms with Crippen LogP contribution in [-0.4, -0.2) is 30.7 Å². The second-order valence-corrected chi connectivity index (χ2v) is 3.59. The van der Waals surface area contributed by atoms with E-state index >= 15 is 0 Å². The molecule has 0 saturated heterocycles. The lowest BCUT2D eigenvalue weighted by Gasteiger charge is -1.95. The molecule has 1 saturated carbocycles. The summed E-state index contributed by atoms with van der Waals surface area (Å²) in [6.07, 6.45) is 3.60. The van der Waals surface area contributed by atoms with Gasteiger partial charge in [-0.3, -0.25) is 0 Å². The number of aromatic nitrogens is 4. The Kier molecular flexibility index (Phi) is 1.53. The Labute approximate surface area is 84.6 Å². The Morgan fingerprint density at radius 1 is 1.53 bits per heavy atom. The van der Waals surface area contributed by atoms with Crippen LogP contribution < -0.4 is 0 Å². The number of nitrogens with zero attached hydrogens (tertiary/aromatic N) is 4. The van der Waals surface area contributed by atoms with Crippen molar-refractivity contribution in [2.24, 2.45) is 0 Å². The molecule has 0 spiro atoms. The standard InChI is InChI=1S/C9H8N4O2/c14-8(15)6-3-4-10-9-11-7(5-1-2-5)12-13(6)9/h3-5H,1-2H2,(H,14,15). The molecule has 0 bridgehead atoms. The average molecular weight is 204 g/mol. The van der Waals surface area contributed by atoms with E-state index in [2.05, 4.69) is 15.1 Å². The molecule has 1 aliphatic rings. The van der Waals surface area contributed by atoms with Crippen LogP contribution in [0.15, 0.2) is 12.3 Å². The normalized spacial score (nSPS) is 15.7. The quantitative estimate of drug-likeness (QED) is 0.778. The molecule has 0 atom stereocenters. The predicted octanol–water partition coefficient (Wildman–Crippen LogP) is 0.700. The Morgan fingerprint density at radius 2 is 2.33 bits per heavy atom. The molecule has 0 amide bonds. The largest absolute Gasteiger partial charge is 0.477 e. The third kappa shape index (κ3) is 1.25. The fourth-order valence-electron chi connectivity index (χ4n) is 1.49. The molecule has 0 aromatic carbocycles. The molecule has 0 aliphatic heterocycles. The molecule has 1 N–H and O–H groups in total. The molecule has 2 aromatic rings. The number of carboxylic acids is 1. The second kappa shape index (κ2) is 2.75. The number of carbonyl (C=O) groups is 1. The Bertz CT molecular complexity index is 544. The lowest BCUT2D eigenvalue weighted by Crippen LogP contribution is -2.06.